The van der Waals surface area contributed by atoms with Gasteiger partial charge in [-0.15, -0.1) is 0 Å². The highest BCUT2D eigenvalue weighted by Crippen LogP contribution is 2.38. The molecule has 0 aromatic heterocycles. The van der Waals surface area contributed by atoms with Crippen LogP contribution in [0.5, 0.6) is 17.2 Å². The van der Waals surface area contributed by atoms with E-state index in [-0.39, 0.29) is 5.91 Å². The monoisotopic (exact) mass is 265 g/mol. The fourth-order valence-corrected chi connectivity index (χ4v) is 2.09. The molecular weight excluding hydrogens is 246 g/mol. The van der Waals surface area contributed by atoms with Gasteiger partial charge in [0.1, 0.15) is 0 Å². The predicted molar refractivity (Wildman–Crippen MR) is 71.0 cm³/mol. The zero-order chi connectivity index (χ0) is 13.8. The molecule has 0 radical (unpaired) electrons. The van der Waals surface area contributed by atoms with E-state index in [9.17, 15) is 4.79 Å². The number of carbonyl (C=O) groups excluding carboxylic acids is 1. The van der Waals surface area contributed by atoms with Crippen LogP contribution in [0.3, 0.4) is 0 Å². The Bertz CT molecular complexity index is 444. The van der Waals surface area contributed by atoms with E-state index in [2.05, 4.69) is 0 Å². The Morgan fingerprint density at radius 1 is 1.11 bits per heavy atom. The molecule has 1 saturated heterocycles. The molecule has 5 heteroatoms. The second-order valence-electron chi connectivity index (χ2n) is 4.44. The van der Waals surface area contributed by atoms with Crippen molar-refractivity contribution in [2.75, 3.05) is 34.4 Å². The first-order valence-electron chi connectivity index (χ1n) is 6.26. The molecule has 0 saturated carbocycles. The van der Waals surface area contributed by atoms with Crippen molar-refractivity contribution >= 4 is 5.91 Å². The number of hydrogen-bond acceptors (Lipinski definition) is 4. The van der Waals surface area contributed by atoms with E-state index in [4.69, 9.17) is 14.2 Å². The van der Waals surface area contributed by atoms with Gasteiger partial charge in [0.05, 0.1) is 27.8 Å². The van der Waals surface area contributed by atoms with Gasteiger partial charge in [-0.05, 0) is 24.1 Å². The molecule has 1 aliphatic heterocycles. The number of carbonyl (C=O) groups is 1. The number of hydrogen-bond donors (Lipinski definition) is 0. The topological polar surface area (TPSA) is 48.0 Å². The maximum atomic E-state index is 12.0. The van der Waals surface area contributed by atoms with E-state index in [0.717, 1.165) is 25.1 Å². The van der Waals surface area contributed by atoms with E-state index in [1.54, 1.807) is 21.3 Å². The molecular formula is C14H19NO4. The smallest absolute Gasteiger partial charge is 0.226 e. The van der Waals surface area contributed by atoms with Crippen molar-refractivity contribution in [3.8, 4) is 17.2 Å². The molecule has 0 N–H and O–H groups in total. The van der Waals surface area contributed by atoms with Crippen LogP contribution in [0.15, 0.2) is 12.1 Å². The highest BCUT2D eigenvalue weighted by Gasteiger charge is 2.21. The van der Waals surface area contributed by atoms with Crippen LogP contribution in [0.4, 0.5) is 0 Å². The standard InChI is InChI=1S/C14H19NO4/c1-17-11-7-10(8-12(18-2)14(11)19-3)9-13(16)15-5-4-6-15/h7-8H,4-6,9H2,1-3H3. The third-order valence-corrected chi connectivity index (χ3v) is 3.29. The van der Waals surface area contributed by atoms with Gasteiger partial charge in [-0.3, -0.25) is 4.79 Å². The van der Waals surface area contributed by atoms with E-state index in [1.807, 2.05) is 17.0 Å². The van der Waals surface area contributed by atoms with Crippen LogP contribution in [0.25, 0.3) is 0 Å². The molecule has 1 heterocycles. The quantitative estimate of drug-likeness (QED) is 0.809. The summed E-state index contributed by atoms with van der Waals surface area (Å²) in [5, 5.41) is 0. The van der Waals surface area contributed by atoms with Crippen molar-refractivity contribution in [2.45, 2.75) is 12.8 Å². The molecule has 1 amide bonds. The maximum Gasteiger partial charge on any atom is 0.226 e. The van der Waals surface area contributed by atoms with Crippen LogP contribution in [0.1, 0.15) is 12.0 Å². The van der Waals surface area contributed by atoms with Gasteiger partial charge in [0.2, 0.25) is 11.7 Å². The van der Waals surface area contributed by atoms with Gasteiger partial charge < -0.3 is 19.1 Å². The van der Waals surface area contributed by atoms with Gasteiger partial charge in [0, 0.05) is 13.1 Å². The van der Waals surface area contributed by atoms with Crippen molar-refractivity contribution in [2.24, 2.45) is 0 Å². The number of rotatable bonds is 5. The van der Waals surface area contributed by atoms with Crippen LogP contribution >= 0.6 is 0 Å². The Hall–Kier alpha value is -1.91. The van der Waals surface area contributed by atoms with Crippen molar-refractivity contribution in [1.82, 2.24) is 4.90 Å². The molecule has 1 aromatic rings. The van der Waals surface area contributed by atoms with E-state index >= 15 is 0 Å². The second-order valence-corrected chi connectivity index (χ2v) is 4.44. The minimum absolute atomic E-state index is 0.139. The first-order chi connectivity index (χ1) is 9.19. The molecule has 5 nitrogen and oxygen atoms in total. The van der Waals surface area contributed by atoms with E-state index in [0.29, 0.717) is 23.7 Å². The molecule has 2 rings (SSSR count). The Labute approximate surface area is 113 Å². The van der Waals surface area contributed by atoms with Crippen LogP contribution in [-0.2, 0) is 11.2 Å². The van der Waals surface area contributed by atoms with Crippen molar-refractivity contribution in [1.29, 1.82) is 0 Å². The Balaban J connectivity index is 2.22. The Morgan fingerprint density at radius 3 is 2.05 bits per heavy atom. The largest absolute Gasteiger partial charge is 0.493 e. The molecule has 1 fully saturated rings. The van der Waals surface area contributed by atoms with Crippen LogP contribution in [0.2, 0.25) is 0 Å². The summed E-state index contributed by atoms with van der Waals surface area (Å²) in [6.07, 6.45) is 1.46. The number of nitrogens with zero attached hydrogens (tertiary/aromatic N) is 1. The van der Waals surface area contributed by atoms with Crippen molar-refractivity contribution in [3.63, 3.8) is 0 Å². The van der Waals surface area contributed by atoms with Gasteiger partial charge >= 0.3 is 0 Å². The van der Waals surface area contributed by atoms with Crippen molar-refractivity contribution < 1.29 is 19.0 Å². The SMILES string of the molecule is COc1cc(CC(=O)N2CCC2)cc(OC)c1OC. The molecule has 0 unspecified atom stereocenters. The van der Waals surface area contributed by atoms with Crippen LogP contribution in [0, 0.1) is 0 Å². The lowest BCUT2D eigenvalue weighted by molar-refractivity contribution is -0.133. The summed E-state index contributed by atoms with van der Waals surface area (Å²) < 4.78 is 15.8. The van der Waals surface area contributed by atoms with Gasteiger partial charge in [-0.1, -0.05) is 0 Å². The zero-order valence-corrected chi connectivity index (χ0v) is 11.6. The summed E-state index contributed by atoms with van der Waals surface area (Å²) in [4.78, 5) is 13.8. The number of likely N-dealkylation sites (tertiary alicyclic amines) is 1. The average molecular weight is 265 g/mol. The van der Waals surface area contributed by atoms with Crippen molar-refractivity contribution in [3.05, 3.63) is 17.7 Å². The summed E-state index contributed by atoms with van der Waals surface area (Å²) >= 11 is 0. The van der Waals surface area contributed by atoms with Crippen LogP contribution < -0.4 is 14.2 Å². The lowest BCUT2D eigenvalue weighted by Gasteiger charge is -2.31. The zero-order valence-electron chi connectivity index (χ0n) is 11.6. The molecule has 0 aliphatic carbocycles. The first kappa shape index (κ1) is 13.5. The maximum absolute atomic E-state index is 12.0. The fourth-order valence-electron chi connectivity index (χ4n) is 2.09. The summed E-state index contributed by atoms with van der Waals surface area (Å²) in [5.41, 5.74) is 0.867. The Morgan fingerprint density at radius 2 is 1.68 bits per heavy atom. The third-order valence-electron chi connectivity index (χ3n) is 3.29. The number of ether oxygens (including phenoxy) is 3. The lowest BCUT2D eigenvalue weighted by Crippen LogP contribution is -2.42. The minimum atomic E-state index is 0.139. The molecule has 0 atom stereocenters. The highest BCUT2D eigenvalue weighted by atomic mass is 16.5. The summed E-state index contributed by atoms with van der Waals surface area (Å²) in [6.45, 7) is 1.73. The molecule has 1 aromatic carbocycles. The first-order valence-corrected chi connectivity index (χ1v) is 6.26. The minimum Gasteiger partial charge on any atom is -0.493 e. The third kappa shape index (κ3) is 2.75. The Kier molecular flexibility index (Phi) is 4.14. The van der Waals surface area contributed by atoms with Gasteiger partial charge in [-0.25, -0.2) is 0 Å². The molecule has 0 bridgehead atoms. The fraction of sp³-hybridized carbons (Fsp3) is 0.500. The summed E-state index contributed by atoms with van der Waals surface area (Å²) in [7, 11) is 4.70. The lowest BCUT2D eigenvalue weighted by atomic mass is 10.1. The predicted octanol–water partition coefficient (Wildman–Crippen LogP) is 1.49. The number of benzene rings is 1. The van der Waals surface area contributed by atoms with E-state index < -0.39 is 0 Å². The normalized spacial score (nSPS) is 13.7. The van der Waals surface area contributed by atoms with Crippen LogP contribution in [-0.4, -0.2) is 45.2 Å². The second kappa shape index (κ2) is 5.82. The number of methoxy groups -OCH3 is 3. The summed E-state index contributed by atoms with van der Waals surface area (Å²) in [5.74, 6) is 1.84. The molecule has 104 valence electrons. The van der Waals surface area contributed by atoms with Gasteiger partial charge in [0.25, 0.3) is 0 Å². The highest BCUT2D eigenvalue weighted by molar-refractivity contribution is 5.80. The van der Waals surface area contributed by atoms with E-state index in [1.165, 1.54) is 0 Å². The molecule has 1 aliphatic rings. The summed E-state index contributed by atoms with van der Waals surface area (Å²) in [6, 6.07) is 3.64. The number of amides is 1. The van der Waals surface area contributed by atoms with Gasteiger partial charge in [-0.2, -0.15) is 0 Å². The molecule has 19 heavy (non-hydrogen) atoms. The average Bonchev–Trinajstić information content (AvgIpc) is 2.35. The van der Waals surface area contributed by atoms with Gasteiger partial charge in [0.15, 0.2) is 11.5 Å². The molecule has 0 spiro atoms.